The predicted octanol–water partition coefficient (Wildman–Crippen LogP) is 1.25. The van der Waals surface area contributed by atoms with Crippen molar-refractivity contribution in [1.82, 2.24) is 10.3 Å². The molecule has 0 aliphatic rings. The van der Waals surface area contributed by atoms with Crippen LogP contribution in [0.2, 0.25) is 0 Å². The summed E-state index contributed by atoms with van der Waals surface area (Å²) < 4.78 is 27.4. The quantitative estimate of drug-likeness (QED) is 0.778. The van der Waals surface area contributed by atoms with Gasteiger partial charge in [0.15, 0.2) is 0 Å². The van der Waals surface area contributed by atoms with Crippen LogP contribution in [0.5, 0.6) is 5.75 Å². The van der Waals surface area contributed by atoms with E-state index in [1.807, 2.05) is 30.3 Å². The third-order valence-corrected chi connectivity index (χ3v) is 3.71. The number of para-hydroxylation sites is 1. The second-order valence-electron chi connectivity index (χ2n) is 4.59. The van der Waals surface area contributed by atoms with Gasteiger partial charge in [0.25, 0.3) is 0 Å². The maximum atomic E-state index is 10.9. The van der Waals surface area contributed by atoms with E-state index in [2.05, 4.69) is 10.3 Å². The van der Waals surface area contributed by atoms with Gasteiger partial charge in [0.2, 0.25) is 0 Å². The zero-order valence-electron chi connectivity index (χ0n) is 11.4. The second-order valence-corrected chi connectivity index (χ2v) is 6.85. The largest absolute Gasteiger partial charge is 0.491 e. The van der Waals surface area contributed by atoms with E-state index in [4.69, 9.17) is 4.74 Å². The predicted molar refractivity (Wildman–Crippen MR) is 79.8 cm³/mol. The lowest BCUT2D eigenvalue weighted by Crippen LogP contribution is -2.26. The molecule has 6 heteroatoms. The maximum absolute atomic E-state index is 10.9. The molecular weight excluding hydrogens is 276 g/mol. The molecule has 0 unspecified atom stereocenters. The summed E-state index contributed by atoms with van der Waals surface area (Å²) in [6.07, 6.45) is 2.92. The Hall–Kier alpha value is -1.66. The zero-order valence-corrected chi connectivity index (χ0v) is 12.2. The summed E-state index contributed by atoms with van der Waals surface area (Å²) in [6.45, 7) is 1.52. The van der Waals surface area contributed by atoms with Crippen molar-refractivity contribution in [1.29, 1.82) is 0 Å². The summed E-state index contributed by atoms with van der Waals surface area (Å²) in [5, 5.41) is 4.06. The molecule has 0 aliphatic carbocycles. The summed E-state index contributed by atoms with van der Waals surface area (Å²) in [7, 11) is -2.90. The number of hydrogen-bond donors (Lipinski definition) is 1. The third-order valence-electron chi connectivity index (χ3n) is 2.76. The number of rotatable bonds is 7. The van der Waals surface area contributed by atoms with Crippen molar-refractivity contribution in [3.05, 3.63) is 36.5 Å². The van der Waals surface area contributed by atoms with Crippen molar-refractivity contribution in [2.75, 3.05) is 31.7 Å². The topological polar surface area (TPSA) is 68.3 Å². The van der Waals surface area contributed by atoms with Crippen LogP contribution in [-0.2, 0) is 9.84 Å². The summed E-state index contributed by atoms with van der Waals surface area (Å²) >= 11 is 0. The SMILES string of the molecule is CS(=O)(=O)CCNCCOc1cnc2ccccc2c1. The van der Waals surface area contributed by atoms with Crippen LogP contribution in [0.3, 0.4) is 0 Å². The number of ether oxygens (including phenoxy) is 1. The highest BCUT2D eigenvalue weighted by atomic mass is 32.2. The van der Waals surface area contributed by atoms with Crippen LogP contribution in [0.1, 0.15) is 0 Å². The van der Waals surface area contributed by atoms with E-state index in [1.165, 1.54) is 6.26 Å². The first kappa shape index (κ1) is 14.7. The van der Waals surface area contributed by atoms with Gasteiger partial charge in [-0.25, -0.2) is 8.42 Å². The van der Waals surface area contributed by atoms with E-state index in [0.717, 1.165) is 10.9 Å². The molecule has 5 nitrogen and oxygen atoms in total. The summed E-state index contributed by atoms with van der Waals surface area (Å²) in [5.74, 6) is 0.860. The summed E-state index contributed by atoms with van der Waals surface area (Å²) in [4.78, 5) is 4.30. The molecule has 0 fully saturated rings. The number of fused-ring (bicyclic) bond motifs is 1. The van der Waals surface area contributed by atoms with Gasteiger partial charge in [-0.15, -0.1) is 0 Å². The molecule has 0 atom stereocenters. The Balaban J connectivity index is 1.76. The molecule has 0 saturated heterocycles. The Morgan fingerprint density at radius 2 is 2.05 bits per heavy atom. The molecule has 0 aliphatic heterocycles. The second kappa shape index (κ2) is 6.67. The van der Waals surface area contributed by atoms with Gasteiger partial charge in [-0.05, 0) is 12.1 Å². The minimum Gasteiger partial charge on any atom is -0.491 e. The molecule has 1 aromatic carbocycles. The first-order chi connectivity index (χ1) is 9.54. The van der Waals surface area contributed by atoms with Crippen LogP contribution in [0.15, 0.2) is 36.5 Å². The lowest BCUT2D eigenvalue weighted by molar-refractivity contribution is 0.315. The van der Waals surface area contributed by atoms with E-state index in [-0.39, 0.29) is 5.75 Å². The van der Waals surface area contributed by atoms with Crippen molar-refractivity contribution in [3.8, 4) is 5.75 Å². The van der Waals surface area contributed by atoms with Gasteiger partial charge in [-0.1, -0.05) is 18.2 Å². The summed E-state index contributed by atoms with van der Waals surface area (Å²) in [6, 6.07) is 9.78. The average molecular weight is 294 g/mol. The van der Waals surface area contributed by atoms with Crippen LogP contribution < -0.4 is 10.1 Å². The molecule has 108 valence electrons. The molecule has 2 rings (SSSR count). The van der Waals surface area contributed by atoms with Crippen LogP contribution in [0.25, 0.3) is 10.9 Å². The van der Waals surface area contributed by atoms with E-state index in [9.17, 15) is 8.42 Å². The average Bonchev–Trinajstić information content (AvgIpc) is 2.41. The molecule has 0 saturated carbocycles. The molecule has 1 N–H and O–H groups in total. The number of pyridine rings is 1. The Morgan fingerprint density at radius 1 is 1.25 bits per heavy atom. The normalized spacial score (nSPS) is 11.7. The number of hydrogen-bond acceptors (Lipinski definition) is 5. The fourth-order valence-electron chi connectivity index (χ4n) is 1.75. The van der Waals surface area contributed by atoms with Crippen molar-refractivity contribution in [2.24, 2.45) is 0 Å². The molecule has 0 radical (unpaired) electrons. The Kier molecular flexibility index (Phi) is 4.92. The number of benzene rings is 1. The zero-order chi connectivity index (χ0) is 14.4. The summed E-state index contributed by atoms with van der Waals surface area (Å²) in [5.41, 5.74) is 0.936. The first-order valence-electron chi connectivity index (χ1n) is 6.41. The van der Waals surface area contributed by atoms with Gasteiger partial charge in [0.1, 0.15) is 22.2 Å². The Labute approximate surface area is 118 Å². The molecule has 20 heavy (non-hydrogen) atoms. The van der Waals surface area contributed by atoms with Crippen molar-refractivity contribution in [3.63, 3.8) is 0 Å². The van der Waals surface area contributed by atoms with Crippen LogP contribution in [0, 0.1) is 0 Å². The highest BCUT2D eigenvalue weighted by Crippen LogP contribution is 2.17. The fraction of sp³-hybridized carbons (Fsp3) is 0.357. The molecule has 1 aromatic heterocycles. The molecule has 2 aromatic rings. The monoisotopic (exact) mass is 294 g/mol. The first-order valence-corrected chi connectivity index (χ1v) is 8.47. The van der Waals surface area contributed by atoms with Gasteiger partial charge >= 0.3 is 0 Å². The standard InChI is InChI=1S/C14H18N2O3S/c1-20(17,18)9-7-15-6-8-19-13-10-12-4-2-3-5-14(12)16-11-13/h2-5,10-11,15H,6-9H2,1H3. The van der Waals surface area contributed by atoms with E-state index >= 15 is 0 Å². The minimum absolute atomic E-state index is 0.143. The van der Waals surface area contributed by atoms with E-state index in [0.29, 0.717) is 25.4 Å². The number of sulfone groups is 1. The van der Waals surface area contributed by atoms with Gasteiger partial charge in [-0.3, -0.25) is 4.98 Å². The molecule has 0 bridgehead atoms. The molecule has 0 spiro atoms. The van der Waals surface area contributed by atoms with Crippen LogP contribution in [-0.4, -0.2) is 45.1 Å². The van der Waals surface area contributed by atoms with Gasteiger partial charge in [0.05, 0.1) is 17.5 Å². The Bertz CT molecular complexity index is 671. The van der Waals surface area contributed by atoms with Gasteiger partial charge in [-0.2, -0.15) is 0 Å². The van der Waals surface area contributed by atoms with Crippen LogP contribution in [0.4, 0.5) is 0 Å². The number of aromatic nitrogens is 1. The van der Waals surface area contributed by atoms with Crippen LogP contribution >= 0.6 is 0 Å². The van der Waals surface area contributed by atoms with Gasteiger partial charge in [0, 0.05) is 24.7 Å². The van der Waals surface area contributed by atoms with Crippen molar-refractivity contribution in [2.45, 2.75) is 0 Å². The van der Waals surface area contributed by atoms with Crippen molar-refractivity contribution < 1.29 is 13.2 Å². The van der Waals surface area contributed by atoms with Crippen molar-refractivity contribution >= 4 is 20.7 Å². The lowest BCUT2D eigenvalue weighted by atomic mass is 10.2. The highest BCUT2D eigenvalue weighted by molar-refractivity contribution is 7.90. The van der Waals surface area contributed by atoms with E-state index < -0.39 is 9.84 Å². The minimum atomic E-state index is -2.90. The smallest absolute Gasteiger partial charge is 0.148 e. The lowest BCUT2D eigenvalue weighted by Gasteiger charge is -2.07. The Morgan fingerprint density at radius 3 is 2.85 bits per heavy atom. The van der Waals surface area contributed by atoms with E-state index in [1.54, 1.807) is 6.20 Å². The van der Waals surface area contributed by atoms with Gasteiger partial charge < -0.3 is 10.1 Å². The fourth-order valence-corrected chi connectivity index (χ4v) is 2.27. The molecule has 1 heterocycles. The highest BCUT2D eigenvalue weighted by Gasteiger charge is 2.01. The third kappa shape index (κ3) is 4.79. The maximum Gasteiger partial charge on any atom is 0.148 e. The molecule has 0 amide bonds. The number of nitrogens with zero attached hydrogens (tertiary/aromatic N) is 1. The molecular formula is C14H18N2O3S. The number of nitrogens with one attached hydrogen (secondary N) is 1.